The van der Waals surface area contributed by atoms with Gasteiger partial charge in [0, 0.05) is 5.02 Å². The molecule has 0 aliphatic rings. The Labute approximate surface area is 441 Å². The molecule has 0 aromatic heterocycles. The fourth-order valence-corrected chi connectivity index (χ4v) is 7.12. The van der Waals surface area contributed by atoms with E-state index in [4.69, 9.17) is 60.8 Å². The lowest BCUT2D eigenvalue weighted by Crippen LogP contribution is -2.09. The molecular weight excluding hydrogens is 972 g/mol. The van der Waals surface area contributed by atoms with Gasteiger partial charge in [-0.1, -0.05) is 107 Å². The Bertz CT molecular complexity index is 2540. The van der Waals surface area contributed by atoms with Crippen LogP contribution in [-0.2, 0) is 80.3 Å². The van der Waals surface area contributed by atoms with Crippen LogP contribution in [0, 0.1) is 76.2 Å². The Morgan fingerprint density at radius 2 is 0.784 bits per heavy atom. The molecule has 0 aliphatic heterocycles. The van der Waals surface area contributed by atoms with Gasteiger partial charge in [-0.3, -0.25) is 0 Å². The molecule has 0 saturated heterocycles. The van der Waals surface area contributed by atoms with Crippen LogP contribution >= 0.6 is 11.6 Å². The fourth-order valence-electron chi connectivity index (χ4n) is 6.92. The maximum absolute atomic E-state index is 10.4. The average molecular weight is 1050 g/mol. The van der Waals surface area contributed by atoms with Gasteiger partial charge in [-0.15, -0.1) is 0 Å². The smallest absolute Gasteiger partial charge is 0.329 e. The zero-order chi connectivity index (χ0) is 55.9. The molecule has 0 aliphatic carbocycles. The van der Waals surface area contributed by atoms with Crippen molar-refractivity contribution in [2.45, 2.75) is 109 Å². The maximum Gasteiger partial charge on any atom is 0.329 e. The summed E-state index contributed by atoms with van der Waals surface area (Å²) >= 11 is 5.88. The van der Waals surface area contributed by atoms with E-state index in [2.05, 4.69) is 70.2 Å². The van der Waals surface area contributed by atoms with Crippen LogP contribution in [0.25, 0.3) is 0 Å². The Morgan fingerprint density at radius 1 is 0.378 bits per heavy atom. The first-order valence-corrected chi connectivity index (χ1v) is 24.2. The normalized spacial score (nSPS) is 10.3. The van der Waals surface area contributed by atoms with E-state index in [1.807, 2.05) is 78.8 Å². The van der Waals surface area contributed by atoms with E-state index in [-0.39, 0.29) is 39.6 Å². The Kier molecular flexibility index (Phi) is 31.6. The summed E-state index contributed by atoms with van der Waals surface area (Å²) in [6, 6.07) is 26.3. The molecular formula is C58H75ClO15. The Hall–Kier alpha value is -6.46. The lowest BCUT2D eigenvalue weighted by Gasteiger charge is -2.14. The first-order chi connectivity index (χ1) is 34.8. The highest BCUT2D eigenvalue weighted by Gasteiger charge is 2.10. The number of benzene rings is 5. The first-order valence-electron chi connectivity index (χ1n) is 23.8. The first kappa shape index (κ1) is 65.6. The standard InChI is InChI=1S/C13H18O3.2C12H16O3.C11H14O3.C10H11ClO3/c1-8-5-9(2)11(4)12(10(8)3)6-16-7-13(14)15;1-9-5-10(2)7-11(6-9)3-4-15-8-12(13)14;1-9-3-4-10(2)11(7-9)5-6-15-8-12(13)14;1-8-3-4-9(2)10(5-8)6-14-7-11(12)13;1-7-2-3-8(4-9(7)11)5-14-6-10(12)13/h5H,6-7H2,1-4H3,(H,14,15);5-7H,3-4,8H2,1-2H3,(H,13,14);3-4,7H,5-6,8H2,1-2H3,(H,13,14);3-5H,6-7H2,1-2H3,(H,12,13);2-4H,5-6H2,1H3,(H,12,13). The van der Waals surface area contributed by atoms with Crippen molar-refractivity contribution in [3.05, 3.63) is 173 Å². The van der Waals surface area contributed by atoms with E-state index in [9.17, 15) is 24.0 Å². The van der Waals surface area contributed by atoms with Crippen molar-refractivity contribution in [2.24, 2.45) is 0 Å². The van der Waals surface area contributed by atoms with Crippen molar-refractivity contribution in [1.82, 2.24) is 0 Å². The predicted molar refractivity (Wildman–Crippen MR) is 286 cm³/mol. The summed E-state index contributed by atoms with van der Waals surface area (Å²) < 4.78 is 25.1. The minimum absolute atomic E-state index is 0.217. The van der Waals surface area contributed by atoms with E-state index in [1.165, 1.54) is 55.6 Å². The van der Waals surface area contributed by atoms with Crippen LogP contribution in [0.1, 0.15) is 89.0 Å². The van der Waals surface area contributed by atoms with Gasteiger partial charge in [0.25, 0.3) is 0 Å². The number of carbonyl (C=O) groups is 5. The highest BCUT2D eigenvalue weighted by atomic mass is 35.5. The van der Waals surface area contributed by atoms with Crippen LogP contribution in [0.15, 0.2) is 78.9 Å². The van der Waals surface area contributed by atoms with E-state index in [1.54, 1.807) is 6.07 Å². The van der Waals surface area contributed by atoms with Crippen LogP contribution < -0.4 is 0 Å². The molecule has 5 N–H and O–H groups in total. The third-order valence-electron chi connectivity index (χ3n) is 11.0. The summed E-state index contributed by atoms with van der Waals surface area (Å²) in [7, 11) is 0. The number of carboxylic acid groups (broad SMARTS) is 5. The van der Waals surface area contributed by atoms with E-state index < -0.39 is 29.8 Å². The second-order valence-electron chi connectivity index (χ2n) is 17.7. The summed E-state index contributed by atoms with van der Waals surface area (Å²) in [5, 5.41) is 42.7. The number of aliphatic carboxylic acids is 5. The number of hydrogen-bond donors (Lipinski definition) is 5. The number of rotatable bonds is 22. The van der Waals surface area contributed by atoms with E-state index in [0.29, 0.717) is 31.5 Å². The van der Waals surface area contributed by atoms with Crippen LogP contribution in [0.4, 0.5) is 0 Å². The van der Waals surface area contributed by atoms with Gasteiger partial charge in [-0.25, -0.2) is 24.0 Å². The summed E-state index contributed by atoms with van der Waals surface area (Å²) in [5.41, 5.74) is 18.4. The van der Waals surface area contributed by atoms with Crippen molar-refractivity contribution >= 4 is 41.4 Å². The van der Waals surface area contributed by atoms with Gasteiger partial charge in [0.1, 0.15) is 33.0 Å². The van der Waals surface area contributed by atoms with Crippen molar-refractivity contribution in [3.8, 4) is 0 Å². The van der Waals surface area contributed by atoms with Crippen LogP contribution in [0.3, 0.4) is 0 Å². The second-order valence-corrected chi connectivity index (χ2v) is 18.1. The molecule has 404 valence electrons. The molecule has 16 heteroatoms. The van der Waals surface area contributed by atoms with Crippen molar-refractivity contribution < 1.29 is 73.2 Å². The molecule has 0 spiro atoms. The molecule has 5 aromatic carbocycles. The molecule has 0 radical (unpaired) electrons. The summed E-state index contributed by atoms with van der Waals surface area (Å²) in [5.74, 6) is -4.68. The van der Waals surface area contributed by atoms with Crippen LogP contribution in [0.5, 0.6) is 0 Å². The quantitative estimate of drug-likeness (QED) is 0.0406. The number of hydrogen-bond acceptors (Lipinski definition) is 10. The molecule has 74 heavy (non-hydrogen) atoms. The third kappa shape index (κ3) is 29.3. The van der Waals surface area contributed by atoms with Gasteiger partial charge in [-0.05, 0) is 162 Å². The van der Waals surface area contributed by atoms with Crippen molar-refractivity contribution in [3.63, 3.8) is 0 Å². The van der Waals surface area contributed by atoms with Crippen molar-refractivity contribution in [1.29, 1.82) is 0 Å². The highest BCUT2D eigenvalue weighted by Crippen LogP contribution is 2.22. The molecule has 0 fully saturated rings. The summed E-state index contributed by atoms with van der Waals surface area (Å²) in [4.78, 5) is 51.1. The summed E-state index contributed by atoms with van der Waals surface area (Å²) in [6.45, 7) is 23.0. The summed E-state index contributed by atoms with van der Waals surface area (Å²) in [6.07, 6.45) is 1.52. The molecule has 0 bridgehead atoms. The van der Waals surface area contributed by atoms with Gasteiger partial charge >= 0.3 is 29.8 Å². The maximum atomic E-state index is 10.4. The molecule has 15 nitrogen and oxygen atoms in total. The second kappa shape index (κ2) is 35.7. The lowest BCUT2D eigenvalue weighted by molar-refractivity contribution is -0.143. The number of aryl methyl sites for hydroxylation is 9. The third-order valence-corrected chi connectivity index (χ3v) is 11.4. The minimum Gasteiger partial charge on any atom is -0.480 e. The largest absolute Gasteiger partial charge is 0.480 e. The van der Waals surface area contributed by atoms with Gasteiger partial charge in [-0.2, -0.15) is 0 Å². The van der Waals surface area contributed by atoms with Crippen LogP contribution in [-0.4, -0.2) is 102 Å². The topological polar surface area (TPSA) is 233 Å². The van der Waals surface area contributed by atoms with Gasteiger partial charge < -0.3 is 49.2 Å². The number of carboxylic acids is 5. The zero-order valence-corrected chi connectivity index (χ0v) is 45.4. The average Bonchev–Trinajstić information content (AvgIpc) is 3.30. The predicted octanol–water partition coefficient (Wildman–Crippen LogP) is 10.6. The van der Waals surface area contributed by atoms with Gasteiger partial charge in [0.2, 0.25) is 0 Å². The molecule has 0 amide bonds. The molecule has 0 heterocycles. The van der Waals surface area contributed by atoms with E-state index >= 15 is 0 Å². The minimum atomic E-state index is -0.969. The molecule has 0 atom stereocenters. The Balaban J connectivity index is 0.000000463. The number of ether oxygens (including phenoxy) is 5. The highest BCUT2D eigenvalue weighted by molar-refractivity contribution is 6.31. The van der Waals surface area contributed by atoms with Gasteiger partial charge in [0.15, 0.2) is 0 Å². The molecule has 5 rings (SSSR count). The monoisotopic (exact) mass is 1050 g/mol. The Morgan fingerprint density at radius 3 is 1.26 bits per heavy atom. The molecule has 5 aromatic rings. The molecule has 0 saturated carbocycles. The number of halogens is 1. The van der Waals surface area contributed by atoms with E-state index in [0.717, 1.165) is 46.2 Å². The zero-order valence-electron chi connectivity index (χ0n) is 44.7. The fraction of sp³-hybridized carbons (Fsp3) is 0.397. The van der Waals surface area contributed by atoms with Crippen molar-refractivity contribution in [2.75, 3.05) is 46.2 Å². The van der Waals surface area contributed by atoms with Gasteiger partial charge in [0.05, 0.1) is 33.0 Å². The molecule has 0 unspecified atom stereocenters. The SMILES string of the molecule is Cc1cc(C)c(C)c(COCC(=O)O)c1C.Cc1cc(C)cc(CCOCC(=O)O)c1.Cc1ccc(C)c(CCOCC(=O)O)c1.Cc1ccc(C)c(COCC(=O)O)c1.Cc1ccc(COCC(=O)O)cc1Cl. The van der Waals surface area contributed by atoms with Crippen LogP contribution in [0.2, 0.25) is 5.02 Å². The lowest BCUT2D eigenvalue weighted by atomic mass is 9.95.